The molecule has 0 atom stereocenters. The number of nitrogens with zero attached hydrogens (tertiary/aromatic N) is 2. The molecule has 0 fully saturated rings. The van der Waals surface area contributed by atoms with E-state index >= 15 is 0 Å². The molecule has 0 aliphatic rings. The maximum absolute atomic E-state index is 12.2. The molecule has 100 valence electrons. The lowest BCUT2D eigenvalue weighted by Crippen LogP contribution is -2.32. The average molecular weight is 257 g/mol. The van der Waals surface area contributed by atoms with Crippen molar-refractivity contribution in [2.45, 2.75) is 19.8 Å². The van der Waals surface area contributed by atoms with Gasteiger partial charge >= 0.3 is 0 Å². The Balaban J connectivity index is 2.84. The first-order valence-corrected chi connectivity index (χ1v) is 5.78. The molecule has 0 unspecified atom stereocenters. The second kappa shape index (κ2) is 6.88. The Morgan fingerprint density at radius 3 is 2.89 bits per heavy atom. The highest BCUT2D eigenvalue weighted by atomic mass is 19.3. The molecule has 6 heteroatoms. The summed E-state index contributed by atoms with van der Waals surface area (Å²) in [6.45, 7) is 2.08. The van der Waals surface area contributed by atoms with Crippen LogP contribution in [0, 0.1) is 0 Å². The lowest BCUT2D eigenvalue weighted by atomic mass is 10.2. The van der Waals surface area contributed by atoms with Crippen LogP contribution in [-0.4, -0.2) is 42.4 Å². The lowest BCUT2D eigenvalue weighted by Gasteiger charge is -2.18. The van der Waals surface area contributed by atoms with Gasteiger partial charge in [0, 0.05) is 19.8 Å². The predicted molar refractivity (Wildman–Crippen MR) is 66.0 cm³/mol. The van der Waals surface area contributed by atoms with Crippen LogP contribution in [0.2, 0.25) is 0 Å². The van der Waals surface area contributed by atoms with E-state index in [9.17, 15) is 13.6 Å². The maximum Gasteiger partial charge on any atom is 0.257 e. The summed E-state index contributed by atoms with van der Waals surface area (Å²) in [5, 5.41) is 3.01. The number of anilines is 1. The number of rotatable bonds is 6. The van der Waals surface area contributed by atoms with Crippen molar-refractivity contribution < 1.29 is 13.6 Å². The van der Waals surface area contributed by atoms with Crippen molar-refractivity contribution in [2.75, 3.05) is 25.5 Å². The number of aromatic nitrogens is 1. The van der Waals surface area contributed by atoms with Crippen LogP contribution in [0.1, 0.15) is 23.7 Å². The van der Waals surface area contributed by atoms with Crippen LogP contribution >= 0.6 is 0 Å². The molecule has 0 radical (unpaired) electrons. The van der Waals surface area contributed by atoms with Crippen LogP contribution in [0.25, 0.3) is 0 Å². The number of carbonyl (C=O) groups excluding carboxylic acids is 1. The van der Waals surface area contributed by atoms with Crippen LogP contribution in [0.3, 0.4) is 0 Å². The topological polar surface area (TPSA) is 45.2 Å². The van der Waals surface area contributed by atoms with Gasteiger partial charge in [0.05, 0.1) is 12.1 Å². The van der Waals surface area contributed by atoms with Crippen LogP contribution in [0.4, 0.5) is 14.6 Å². The number of amides is 1. The molecule has 1 rings (SSSR count). The zero-order chi connectivity index (χ0) is 13.5. The normalized spacial score (nSPS) is 10.5. The molecule has 1 aromatic rings. The lowest BCUT2D eigenvalue weighted by molar-refractivity contribution is 0.0621. The number of carbonyl (C=O) groups is 1. The van der Waals surface area contributed by atoms with Crippen molar-refractivity contribution in [1.29, 1.82) is 0 Å². The minimum absolute atomic E-state index is 0.314. The molecule has 1 amide bonds. The Morgan fingerprint density at radius 1 is 1.56 bits per heavy atom. The molecule has 0 saturated carbocycles. The number of hydrogen-bond donors (Lipinski definition) is 1. The smallest absolute Gasteiger partial charge is 0.257 e. The minimum atomic E-state index is -2.54. The molecule has 0 aliphatic carbocycles. The van der Waals surface area contributed by atoms with Gasteiger partial charge in [-0.15, -0.1) is 0 Å². The first-order valence-electron chi connectivity index (χ1n) is 5.78. The number of halogens is 2. The highest BCUT2D eigenvalue weighted by molar-refractivity contribution is 5.98. The van der Waals surface area contributed by atoms with Crippen molar-refractivity contribution in [3.05, 3.63) is 23.9 Å². The van der Waals surface area contributed by atoms with Crippen molar-refractivity contribution >= 4 is 11.7 Å². The van der Waals surface area contributed by atoms with Crippen molar-refractivity contribution in [1.82, 2.24) is 9.88 Å². The van der Waals surface area contributed by atoms with Crippen LogP contribution < -0.4 is 5.32 Å². The Labute approximate surface area is 105 Å². The van der Waals surface area contributed by atoms with E-state index in [-0.39, 0.29) is 0 Å². The fraction of sp³-hybridized carbons (Fsp3) is 0.500. The summed E-state index contributed by atoms with van der Waals surface area (Å²) in [4.78, 5) is 17.0. The van der Waals surface area contributed by atoms with Gasteiger partial charge in [-0.05, 0) is 18.6 Å². The minimum Gasteiger partial charge on any atom is -0.369 e. The van der Waals surface area contributed by atoms with Crippen molar-refractivity contribution in [3.63, 3.8) is 0 Å². The fourth-order valence-electron chi connectivity index (χ4n) is 1.46. The molecule has 0 spiro atoms. The second-order valence-electron chi connectivity index (χ2n) is 3.90. The quantitative estimate of drug-likeness (QED) is 0.850. The molecule has 1 aromatic heterocycles. The fourth-order valence-corrected chi connectivity index (χ4v) is 1.46. The molecule has 0 aliphatic heterocycles. The van der Waals surface area contributed by atoms with E-state index in [4.69, 9.17) is 0 Å². The van der Waals surface area contributed by atoms with E-state index in [1.807, 2.05) is 6.92 Å². The van der Waals surface area contributed by atoms with Gasteiger partial charge in [-0.1, -0.05) is 6.92 Å². The number of alkyl halides is 2. The van der Waals surface area contributed by atoms with Gasteiger partial charge in [-0.3, -0.25) is 4.79 Å². The molecular weight excluding hydrogens is 240 g/mol. The van der Waals surface area contributed by atoms with Crippen molar-refractivity contribution in [2.24, 2.45) is 0 Å². The van der Waals surface area contributed by atoms with Gasteiger partial charge in [-0.2, -0.15) is 0 Å². The van der Waals surface area contributed by atoms with Crippen LogP contribution in [-0.2, 0) is 0 Å². The number of nitrogens with one attached hydrogen (secondary N) is 1. The summed E-state index contributed by atoms with van der Waals surface area (Å²) >= 11 is 0. The second-order valence-corrected chi connectivity index (χ2v) is 3.90. The molecule has 0 aromatic carbocycles. The van der Waals surface area contributed by atoms with Gasteiger partial charge in [0.25, 0.3) is 12.3 Å². The maximum atomic E-state index is 12.2. The van der Waals surface area contributed by atoms with Gasteiger partial charge < -0.3 is 10.2 Å². The molecule has 1 heterocycles. The largest absolute Gasteiger partial charge is 0.369 e. The summed E-state index contributed by atoms with van der Waals surface area (Å²) in [6.07, 6.45) is -0.0958. The standard InChI is InChI=1S/C12H17F2N3O/c1-3-6-15-11-9(5-4-7-16-11)12(18)17(2)8-10(13)14/h4-5,7,10H,3,6,8H2,1-2H3,(H,15,16). The highest BCUT2D eigenvalue weighted by Crippen LogP contribution is 2.14. The summed E-state index contributed by atoms with van der Waals surface area (Å²) in [7, 11) is 1.35. The van der Waals surface area contributed by atoms with Crippen LogP contribution in [0.5, 0.6) is 0 Å². The van der Waals surface area contributed by atoms with E-state index in [1.165, 1.54) is 7.05 Å². The number of hydrogen-bond acceptors (Lipinski definition) is 3. The molecule has 1 N–H and O–H groups in total. The van der Waals surface area contributed by atoms with Gasteiger partial charge in [-0.25, -0.2) is 13.8 Å². The first-order chi connectivity index (χ1) is 8.56. The Morgan fingerprint density at radius 2 is 2.28 bits per heavy atom. The molecule has 0 saturated heterocycles. The third-order valence-corrected chi connectivity index (χ3v) is 2.34. The summed E-state index contributed by atoms with van der Waals surface area (Å²) < 4.78 is 24.5. The van der Waals surface area contributed by atoms with E-state index < -0.39 is 18.9 Å². The summed E-state index contributed by atoms with van der Waals surface area (Å²) in [6, 6.07) is 3.19. The number of pyridine rings is 1. The van der Waals surface area contributed by atoms with Gasteiger partial charge in [0.1, 0.15) is 5.82 Å². The monoisotopic (exact) mass is 257 g/mol. The Hall–Kier alpha value is -1.72. The highest BCUT2D eigenvalue weighted by Gasteiger charge is 2.18. The molecular formula is C12H17F2N3O. The van der Waals surface area contributed by atoms with E-state index in [2.05, 4.69) is 10.3 Å². The molecule has 18 heavy (non-hydrogen) atoms. The third-order valence-electron chi connectivity index (χ3n) is 2.34. The predicted octanol–water partition coefficient (Wildman–Crippen LogP) is 2.24. The Kier molecular flexibility index (Phi) is 5.48. The van der Waals surface area contributed by atoms with Gasteiger partial charge in [0.2, 0.25) is 0 Å². The third kappa shape index (κ3) is 3.94. The molecule has 0 bridgehead atoms. The zero-order valence-electron chi connectivity index (χ0n) is 10.5. The summed E-state index contributed by atoms with van der Waals surface area (Å²) in [5.41, 5.74) is 0.314. The van der Waals surface area contributed by atoms with Crippen molar-refractivity contribution in [3.8, 4) is 0 Å². The zero-order valence-corrected chi connectivity index (χ0v) is 10.5. The molecule has 4 nitrogen and oxygen atoms in total. The van der Waals surface area contributed by atoms with E-state index in [1.54, 1.807) is 18.3 Å². The average Bonchev–Trinajstić information content (AvgIpc) is 2.35. The first kappa shape index (κ1) is 14.3. The van der Waals surface area contributed by atoms with Gasteiger partial charge in [0.15, 0.2) is 0 Å². The van der Waals surface area contributed by atoms with E-state index in [0.29, 0.717) is 17.9 Å². The Bertz CT molecular complexity index is 399. The SMILES string of the molecule is CCCNc1ncccc1C(=O)N(C)CC(F)F. The van der Waals surface area contributed by atoms with Crippen LogP contribution in [0.15, 0.2) is 18.3 Å². The summed E-state index contributed by atoms with van der Waals surface area (Å²) in [5.74, 6) is -0.0209. The van der Waals surface area contributed by atoms with E-state index in [0.717, 1.165) is 11.3 Å².